The molecule has 0 radical (unpaired) electrons. The molecule has 1 N–H and O–H groups in total. The minimum Gasteiger partial charge on any atom is -0.364 e. The summed E-state index contributed by atoms with van der Waals surface area (Å²) in [6.45, 7) is 2.01. The number of hydrogen-bond acceptors (Lipinski definition) is 7. The summed E-state index contributed by atoms with van der Waals surface area (Å²) in [6.07, 6.45) is 2.38. The minimum absolute atomic E-state index is 0.0140. The molecule has 7 nitrogen and oxygen atoms in total. The summed E-state index contributed by atoms with van der Waals surface area (Å²) in [4.78, 5) is 22.2. The number of aromatic nitrogens is 3. The summed E-state index contributed by atoms with van der Waals surface area (Å²) in [5.74, 6) is 0.138. The SMILES string of the molecule is Cc1nc(Cl)nc(NCCc2nccs2)c1[N+](=O)[O-]. The second-order valence-corrected chi connectivity index (χ2v) is 4.95. The van der Waals surface area contributed by atoms with Crippen LogP contribution in [0.4, 0.5) is 11.5 Å². The van der Waals surface area contributed by atoms with Gasteiger partial charge >= 0.3 is 5.69 Å². The van der Waals surface area contributed by atoms with Crippen LogP contribution in [0.1, 0.15) is 10.7 Å². The Morgan fingerprint density at radius 1 is 1.53 bits per heavy atom. The molecule has 0 saturated heterocycles. The molecule has 9 heteroatoms. The van der Waals surface area contributed by atoms with Gasteiger partial charge in [-0.25, -0.2) is 9.97 Å². The van der Waals surface area contributed by atoms with Crippen molar-refractivity contribution in [3.05, 3.63) is 37.7 Å². The third-order valence-corrected chi connectivity index (χ3v) is 3.34. The molecule has 0 unspecified atom stereocenters. The number of aryl methyl sites for hydroxylation is 1. The quantitative estimate of drug-likeness (QED) is 0.518. The highest BCUT2D eigenvalue weighted by atomic mass is 35.5. The summed E-state index contributed by atoms with van der Waals surface area (Å²) in [5, 5.41) is 16.7. The predicted molar refractivity (Wildman–Crippen MR) is 72.7 cm³/mol. The van der Waals surface area contributed by atoms with Gasteiger partial charge in [-0.05, 0) is 18.5 Å². The number of hydrogen-bond donors (Lipinski definition) is 1. The number of nitro groups is 1. The molecule has 100 valence electrons. The first-order valence-corrected chi connectivity index (χ1v) is 6.64. The Morgan fingerprint density at radius 2 is 2.32 bits per heavy atom. The van der Waals surface area contributed by atoms with Crippen LogP contribution in [0.25, 0.3) is 0 Å². The average molecular weight is 300 g/mol. The van der Waals surface area contributed by atoms with Gasteiger partial charge in [0.25, 0.3) is 0 Å². The molecule has 2 aromatic rings. The number of thiazole rings is 1. The first kappa shape index (κ1) is 13.6. The molecule has 0 fully saturated rings. The van der Waals surface area contributed by atoms with E-state index >= 15 is 0 Å². The fourth-order valence-electron chi connectivity index (χ4n) is 1.54. The Labute approximate surface area is 117 Å². The van der Waals surface area contributed by atoms with Gasteiger partial charge in [0.05, 0.1) is 9.93 Å². The predicted octanol–water partition coefficient (Wildman–Crippen LogP) is 2.46. The lowest BCUT2D eigenvalue weighted by atomic mass is 10.3. The van der Waals surface area contributed by atoms with E-state index < -0.39 is 4.92 Å². The lowest BCUT2D eigenvalue weighted by Gasteiger charge is -2.06. The van der Waals surface area contributed by atoms with Crippen molar-refractivity contribution in [1.82, 2.24) is 15.0 Å². The second-order valence-electron chi connectivity index (χ2n) is 3.63. The lowest BCUT2D eigenvalue weighted by Crippen LogP contribution is -2.10. The van der Waals surface area contributed by atoms with Crippen molar-refractivity contribution in [3.8, 4) is 0 Å². The van der Waals surface area contributed by atoms with Crippen LogP contribution in [0.3, 0.4) is 0 Å². The maximum absolute atomic E-state index is 11.0. The van der Waals surface area contributed by atoms with Crippen LogP contribution in [0.15, 0.2) is 11.6 Å². The fourth-order valence-corrected chi connectivity index (χ4v) is 2.37. The normalized spacial score (nSPS) is 10.4. The highest BCUT2D eigenvalue weighted by Crippen LogP contribution is 2.26. The second kappa shape index (κ2) is 5.89. The zero-order valence-corrected chi connectivity index (χ0v) is 11.5. The summed E-state index contributed by atoms with van der Waals surface area (Å²) in [7, 11) is 0. The summed E-state index contributed by atoms with van der Waals surface area (Å²) in [5.41, 5.74) is 0.0882. The molecular weight excluding hydrogens is 290 g/mol. The van der Waals surface area contributed by atoms with Gasteiger partial charge in [-0.3, -0.25) is 10.1 Å². The number of nitrogens with one attached hydrogen (secondary N) is 1. The van der Waals surface area contributed by atoms with Crippen molar-refractivity contribution < 1.29 is 4.92 Å². The number of anilines is 1. The van der Waals surface area contributed by atoms with Crippen molar-refractivity contribution in [2.75, 3.05) is 11.9 Å². The molecule has 0 aliphatic carbocycles. The maximum atomic E-state index is 11.0. The van der Waals surface area contributed by atoms with E-state index in [9.17, 15) is 10.1 Å². The number of halogens is 1. The summed E-state index contributed by atoms with van der Waals surface area (Å²) >= 11 is 7.24. The van der Waals surface area contributed by atoms with Crippen molar-refractivity contribution >= 4 is 34.4 Å². The van der Waals surface area contributed by atoms with Gasteiger partial charge in [-0.1, -0.05) is 0 Å². The number of rotatable bonds is 5. The van der Waals surface area contributed by atoms with Crippen LogP contribution in [-0.4, -0.2) is 26.4 Å². The van der Waals surface area contributed by atoms with E-state index in [1.807, 2.05) is 5.38 Å². The van der Waals surface area contributed by atoms with Gasteiger partial charge in [0.2, 0.25) is 11.1 Å². The van der Waals surface area contributed by atoms with E-state index in [1.54, 1.807) is 6.20 Å². The molecule has 2 aromatic heterocycles. The molecule has 0 spiro atoms. The van der Waals surface area contributed by atoms with Crippen molar-refractivity contribution in [1.29, 1.82) is 0 Å². The third kappa shape index (κ3) is 3.36. The molecule has 0 amide bonds. The van der Waals surface area contributed by atoms with Gasteiger partial charge in [0, 0.05) is 24.5 Å². The Hall–Kier alpha value is -1.80. The molecule has 0 aromatic carbocycles. The summed E-state index contributed by atoms with van der Waals surface area (Å²) < 4.78 is 0. The van der Waals surface area contributed by atoms with Crippen molar-refractivity contribution in [2.24, 2.45) is 0 Å². The molecule has 2 heterocycles. The average Bonchev–Trinajstić information content (AvgIpc) is 2.80. The highest BCUT2D eigenvalue weighted by molar-refractivity contribution is 7.09. The fraction of sp³-hybridized carbons (Fsp3) is 0.300. The Kier molecular flexibility index (Phi) is 4.23. The van der Waals surface area contributed by atoms with Crippen LogP contribution in [-0.2, 0) is 6.42 Å². The van der Waals surface area contributed by atoms with E-state index in [-0.39, 0.29) is 22.5 Å². The van der Waals surface area contributed by atoms with Crippen molar-refractivity contribution in [3.63, 3.8) is 0 Å². The molecule has 0 bridgehead atoms. The van der Waals surface area contributed by atoms with E-state index in [1.165, 1.54) is 18.3 Å². The largest absolute Gasteiger partial charge is 0.364 e. The van der Waals surface area contributed by atoms with Crippen molar-refractivity contribution in [2.45, 2.75) is 13.3 Å². The molecule has 2 rings (SSSR count). The van der Waals surface area contributed by atoms with E-state index in [2.05, 4.69) is 20.3 Å². The van der Waals surface area contributed by atoms with Gasteiger partial charge in [-0.2, -0.15) is 4.98 Å². The van der Waals surface area contributed by atoms with Gasteiger partial charge in [-0.15, -0.1) is 11.3 Å². The van der Waals surface area contributed by atoms with Crippen LogP contribution in [0.2, 0.25) is 5.28 Å². The Bertz CT molecular complexity index is 590. The Balaban J connectivity index is 2.12. The zero-order chi connectivity index (χ0) is 13.8. The van der Waals surface area contributed by atoms with Crippen LogP contribution >= 0.6 is 22.9 Å². The maximum Gasteiger partial charge on any atom is 0.332 e. The summed E-state index contributed by atoms with van der Waals surface area (Å²) in [6, 6.07) is 0. The highest BCUT2D eigenvalue weighted by Gasteiger charge is 2.21. The first-order valence-electron chi connectivity index (χ1n) is 5.38. The smallest absolute Gasteiger partial charge is 0.332 e. The van der Waals surface area contributed by atoms with Crippen LogP contribution in [0, 0.1) is 17.0 Å². The molecule has 0 aliphatic heterocycles. The van der Waals surface area contributed by atoms with Gasteiger partial charge in [0.15, 0.2) is 0 Å². The first-order chi connectivity index (χ1) is 9.08. The minimum atomic E-state index is -0.516. The monoisotopic (exact) mass is 299 g/mol. The molecular formula is C10H10ClN5O2S. The Morgan fingerprint density at radius 3 is 2.95 bits per heavy atom. The van der Waals surface area contributed by atoms with E-state index in [4.69, 9.17) is 11.6 Å². The van der Waals surface area contributed by atoms with E-state index in [0.717, 1.165) is 5.01 Å². The topological polar surface area (TPSA) is 93.8 Å². The standard InChI is InChI=1S/C10H10ClN5O2S/c1-6-8(16(17)18)9(15-10(11)14-6)13-3-2-7-12-4-5-19-7/h4-5H,2-3H2,1H3,(H,13,14,15). The molecule has 0 saturated carbocycles. The van der Waals surface area contributed by atoms with E-state index in [0.29, 0.717) is 13.0 Å². The lowest BCUT2D eigenvalue weighted by molar-refractivity contribution is -0.385. The molecule has 0 aliphatic rings. The van der Waals surface area contributed by atoms with Crippen LogP contribution < -0.4 is 5.32 Å². The van der Waals surface area contributed by atoms with Crippen LogP contribution in [0.5, 0.6) is 0 Å². The molecule has 19 heavy (non-hydrogen) atoms. The van der Waals surface area contributed by atoms with Gasteiger partial charge in [0.1, 0.15) is 5.69 Å². The number of nitrogens with zero attached hydrogens (tertiary/aromatic N) is 4. The van der Waals surface area contributed by atoms with Gasteiger partial charge < -0.3 is 5.32 Å². The molecule has 0 atom stereocenters. The zero-order valence-electron chi connectivity index (χ0n) is 9.96. The third-order valence-electron chi connectivity index (χ3n) is 2.33.